The van der Waals surface area contributed by atoms with Gasteiger partial charge in [-0.3, -0.25) is 4.79 Å². The zero-order chi connectivity index (χ0) is 17.4. The number of piperidine rings is 1. The number of amides is 1. The molecule has 128 valence electrons. The Labute approximate surface area is 158 Å². The molecule has 2 heterocycles. The Bertz CT molecular complexity index is 899. The molecule has 1 aliphatic heterocycles. The van der Waals surface area contributed by atoms with Gasteiger partial charge in [0.25, 0.3) is 5.91 Å². The predicted octanol–water partition coefficient (Wildman–Crippen LogP) is 4.78. The third-order valence-electron chi connectivity index (χ3n) is 4.63. The summed E-state index contributed by atoms with van der Waals surface area (Å²) in [6.07, 6.45) is 1.81. The Morgan fingerprint density at radius 3 is 2.72 bits per heavy atom. The van der Waals surface area contributed by atoms with E-state index in [0.29, 0.717) is 24.6 Å². The zero-order valence-corrected chi connectivity index (χ0v) is 15.9. The number of rotatable bonds is 2. The maximum Gasteiger partial charge on any atom is 0.257 e. The van der Waals surface area contributed by atoms with E-state index in [9.17, 15) is 9.90 Å². The van der Waals surface area contributed by atoms with E-state index >= 15 is 0 Å². The van der Waals surface area contributed by atoms with Crippen LogP contribution in [0.3, 0.4) is 0 Å². The topological polar surface area (TPSA) is 53.4 Å². The van der Waals surface area contributed by atoms with Crippen LogP contribution in [-0.4, -0.2) is 34.0 Å². The van der Waals surface area contributed by atoms with E-state index in [1.54, 1.807) is 29.5 Å². The highest BCUT2D eigenvalue weighted by molar-refractivity contribution is 9.10. The molecule has 1 aliphatic rings. The van der Waals surface area contributed by atoms with Gasteiger partial charge in [-0.25, -0.2) is 4.98 Å². The molecule has 1 fully saturated rings. The summed E-state index contributed by atoms with van der Waals surface area (Å²) < 4.78 is 2.01. The number of aromatic nitrogens is 1. The van der Waals surface area contributed by atoms with E-state index in [-0.39, 0.29) is 11.7 Å². The maximum absolute atomic E-state index is 12.7. The first-order valence-electron chi connectivity index (χ1n) is 8.25. The summed E-state index contributed by atoms with van der Waals surface area (Å²) in [6.45, 7) is 1.37. The fourth-order valence-electron chi connectivity index (χ4n) is 3.24. The summed E-state index contributed by atoms with van der Waals surface area (Å²) in [6, 6.07) is 13.1. The first-order valence-corrected chi connectivity index (χ1v) is 9.86. The molecule has 1 saturated heterocycles. The predicted molar refractivity (Wildman–Crippen MR) is 103 cm³/mol. The van der Waals surface area contributed by atoms with Gasteiger partial charge in [0.05, 0.1) is 20.8 Å². The normalized spacial score (nSPS) is 15.6. The highest BCUT2D eigenvalue weighted by atomic mass is 79.9. The number of phenolic OH excluding ortho intramolecular Hbond substituents is 1. The van der Waals surface area contributed by atoms with Gasteiger partial charge in [-0.05, 0) is 43.2 Å². The Morgan fingerprint density at radius 1 is 1.20 bits per heavy atom. The summed E-state index contributed by atoms with van der Waals surface area (Å²) in [5.74, 6) is 0.320. The molecule has 3 aromatic rings. The molecule has 0 aliphatic carbocycles. The standard InChI is InChI=1S/C19H17BrN2O2S/c20-13-5-6-16(23)14(11-13)19(24)22-9-7-12(8-10-22)18-21-15-3-1-2-4-17(15)25-18/h1-6,11-12,23H,7-10H2. The highest BCUT2D eigenvalue weighted by Gasteiger charge is 2.27. The van der Waals surface area contributed by atoms with Crippen molar-refractivity contribution in [1.29, 1.82) is 0 Å². The van der Waals surface area contributed by atoms with Gasteiger partial charge in [-0.1, -0.05) is 28.1 Å². The number of likely N-dealkylation sites (tertiary alicyclic amines) is 1. The number of halogens is 1. The lowest BCUT2D eigenvalue weighted by molar-refractivity contribution is 0.0710. The van der Waals surface area contributed by atoms with Crippen LogP contribution in [0.1, 0.15) is 34.1 Å². The minimum absolute atomic E-state index is 0.0292. The molecule has 0 spiro atoms. The molecule has 0 unspecified atom stereocenters. The fourth-order valence-corrected chi connectivity index (χ4v) is 4.74. The van der Waals surface area contributed by atoms with Gasteiger partial charge in [-0.2, -0.15) is 0 Å². The van der Waals surface area contributed by atoms with E-state index < -0.39 is 0 Å². The summed E-state index contributed by atoms with van der Waals surface area (Å²) in [4.78, 5) is 19.3. The third kappa shape index (κ3) is 3.28. The lowest BCUT2D eigenvalue weighted by Gasteiger charge is -2.31. The van der Waals surface area contributed by atoms with Gasteiger partial charge in [0.2, 0.25) is 0 Å². The van der Waals surface area contributed by atoms with Gasteiger partial charge in [0.15, 0.2) is 0 Å². The second-order valence-corrected chi connectivity index (χ2v) is 8.23. The number of fused-ring (bicyclic) bond motifs is 1. The first kappa shape index (κ1) is 16.5. The molecule has 4 nitrogen and oxygen atoms in total. The van der Waals surface area contributed by atoms with Gasteiger partial charge >= 0.3 is 0 Å². The van der Waals surface area contributed by atoms with Crippen molar-refractivity contribution in [3.8, 4) is 5.75 Å². The second kappa shape index (κ2) is 6.77. The highest BCUT2D eigenvalue weighted by Crippen LogP contribution is 2.34. The Balaban J connectivity index is 1.47. The number of benzene rings is 2. The molecule has 0 atom stereocenters. The average molecular weight is 417 g/mol. The van der Waals surface area contributed by atoms with Gasteiger partial charge in [0, 0.05) is 23.5 Å². The Morgan fingerprint density at radius 2 is 1.96 bits per heavy atom. The van der Waals surface area contributed by atoms with Crippen molar-refractivity contribution in [3.63, 3.8) is 0 Å². The van der Waals surface area contributed by atoms with Gasteiger partial charge in [0.1, 0.15) is 5.75 Å². The number of carbonyl (C=O) groups excluding carboxylic acids is 1. The summed E-state index contributed by atoms with van der Waals surface area (Å²) >= 11 is 5.11. The van der Waals surface area contributed by atoms with Crippen molar-refractivity contribution < 1.29 is 9.90 Å². The van der Waals surface area contributed by atoms with E-state index in [0.717, 1.165) is 22.8 Å². The van der Waals surface area contributed by atoms with Crippen molar-refractivity contribution in [2.45, 2.75) is 18.8 Å². The van der Waals surface area contributed by atoms with Gasteiger partial charge in [-0.15, -0.1) is 11.3 Å². The molecule has 1 amide bonds. The first-order chi connectivity index (χ1) is 12.1. The van der Waals surface area contributed by atoms with Crippen molar-refractivity contribution in [3.05, 3.63) is 57.5 Å². The molecule has 25 heavy (non-hydrogen) atoms. The molecule has 0 saturated carbocycles. The maximum atomic E-state index is 12.7. The molecule has 6 heteroatoms. The van der Waals surface area contributed by atoms with Crippen LogP contribution >= 0.6 is 27.3 Å². The summed E-state index contributed by atoms with van der Waals surface area (Å²) in [5, 5.41) is 11.1. The van der Waals surface area contributed by atoms with Crippen LogP contribution in [0.5, 0.6) is 5.75 Å². The van der Waals surface area contributed by atoms with Crippen LogP contribution in [0, 0.1) is 0 Å². The van der Waals surface area contributed by atoms with E-state index in [1.165, 1.54) is 9.71 Å². The van der Waals surface area contributed by atoms with Crippen LogP contribution < -0.4 is 0 Å². The average Bonchev–Trinajstić information content (AvgIpc) is 3.07. The number of thiazole rings is 1. The van der Waals surface area contributed by atoms with Crippen LogP contribution in [0.25, 0.3) is 10.2 Å². The number of aromatic hydroxyl groups is 1. The number of nitrogens with zero attached hydrogens (tertiary/aromatic N) is 2. The smallest absolute Gasteiger partial charge is 0.257 e. The Hall–Kier alpha value is -1.92. The molecule has 0 bridgehead atoms. The van der Waals surface area contributed by atoms with Crippen LogP contribution in [0.15, 0.2) is 46.9 Å². The Kier molecular flexibility index (Phi) is 4.48. The largest absolute Gasteiger partial charge is 0.507 e. The van der Waals surface area contributed by atoms with Crippen molar-refractivity contribution >= 4 is 43.4 Å². The minimum atomic E-state index is -0.110. The molecule has 1 aromatic heterocycles. The van der Waals surface area contributed by atoms with Crippen LogP contribution in [0.4, 0.5) is 0 Å². The number of para-hydroxylation sites is 1. The number of hydrogen-bond donors (Lipinski definition) is 1. The molecule has 1 N–H and O–H groups in total. The van der Waals surface area contributed by atoms with E-state index in [1.807, 2.05) is 23.1 Å². The molecular weight excluding hydrogens is 400 g/mol. The number of phenols is 1. The number of carbonyl (C=O) groups is 1. The van der Waals surface area contributed by atoms with Gasteiger partial charge < -0.3 is 10.0 Å². The monoisotopic (exact) mass is 416 g/mol. The lowest BCUT2D eigenvalue weighted by Crippen LogP contribution is -2.37. The molecule has 4 rings (SSSR count). The summed E-state index contributed by atoms with van der Waals surface area (Å²) in [7, 11) is 0. The fraction of sp³-hybridized carbons (Fsp3) is 0.263. The minimum Gasteiger partial charge on any atom is -0.507 e. The summed E-state index contributed by atoms with van der Waals surface area (Å²) in [5.41, 5.74) is 1.41. The zero-order valence-electron chi connectivity index (χ0n) is 13.5. The molecule has 2 aromatic carbocycles. The van der Waals surface area contributed by atoms with Crippen molar-refractivity contribution in [2.75, 3.05) is 13.1 Å². The lowest BCUT2D eigenvalue weighted by atomic mass is 9.97. The molecule has 0 radical (unpaired) electrons. The van der Waals surface area contributed by atoms with Crippen LogP contribution in [0.2, 0.25) is 0 Å². The second-order valence-electron chi connectivity index (χ2n) is 6.25. The molecular formula is C19H17BrN2O2S. The van der Waals surface area contributed by atoms with E-state index in [4.69, 9.17) is 4.98 Å². The third-order valence-corrected chi connectivity index (χ3v) is 6.32. The number of hydrogen-bond acceptors (Lipinski definition) is 4. The quantitative estimate of drug-likeness (QED) is 0.653. The van der Waals surface area contributed by atoms with Crippen molar-refractivity contribution in [1.82, 2.24) is 9.88 Å². The van der Waals surface area contributed by atoms with Crippen LogP contribution in [-0.2, 0) is 0 Å². The van der Waals surface area contributed by atoms with E-state index in [2.05, 4.69) is 22.0 Å². The van der Waals surface area contributed by atoms with Crippen molar-refractivity contribution in [2.24, 2.45) is 0 Å². The SMILES string of the molecule is O=C(c1cc(Br)ccc1O)N1CCC(c2nc3ccccc3s2)CC1.